The maximum atomic E-state index is 13.9. The van der Waals surface area contributed by atoms with Gasteiger partial charge in [-0.15, -0.1) is 0 Å². The molecule has 2 saturated heterocycles. The normalized spacial score (nSPS) is 21.2. The van der Waals surface area contributed by atoms with E-state index in [0.29, 0.717) is 19.5 Å². The van der Waals surface area contributed by atoms with Gasteiger partial charge in [-0.05, 0) is 29.3 Å². The number of hydrogen-bond acceptors (Lipinski definition) is 5. The van der Waals surface area contributed by atoms with Gasteiger partial charge in [0.15, 0.2) is 0 Å². The number of urea groups is 1. The summed E-state index contributed by atoms with van der Waals surface area (Å²) in [6.45, 7) is 4.54. The number of nitrogens with zero attached hydrogens (tertiary/aromatic N) is 4. The van der Waals surface area contributed by atoms with Gasteiger partial charge in [0.25, 0.3) is 5.91 Å². The summed E-state index contributed by atoms with van der Waals surface area (Å²) in [5.41, 5.74) is 5.31. The monoisotopic (exact) mass is 535 g/mol. The van der Waals surface area contributed by atoms with Crippen molar-refractivity contribution in [3.8, 4) is 5.75 Å². The standard InChI is InChI=1S/C32H33N5O3/c1-40-28-14-8-7-13-26(28)35-18-15-34(16-19-35)17-20-36-31(38)27-21-24-23-11-5-6-12-25(23)33-29(24)30(37(27)32(36)39)22-9-3-2-4-10-22/h2-14,27,30,33H,15-21H2,1H3/t27-,30+/m1/s1. The Labute approximate surface area is 233 Å². The molecule has 40 heavy (non-hydrogen) atoms. The topological polar surface area (TPSA) is 72.1 Å². The van der Waals surface area contributed by atoms with Crippen LogP contribution in [0.1, 0.15) is 22.9 Å². The van der Waals surface area contributed by atoms with E-state index >= 15 is 0 Å². The Hall–Kier alpha value is -4.30. The molecule has 3 aromatic carbocycles. The number of ether oxygens (including phenoxy) is 1. The summed E-state index contributed by atoms with van der Waals surface area (Å²) in [4.78, 5) is 39.3. The highest BCUT2D eigenvalue weighted by Gasteiger charge is 2.52. The van der Waals surface area contributed by atoms with E-state index in [1.165, 1.54) is 4.90 Å². The average Bonchev–Trinajstić information content (AvgIpc) is 3.49. The molecule has 0 bridgehead atoms. The van der Waals surface area contributed by atoms with E-state index in [4.69, 9.17) is 4.74 Å². The number of aromatic amines is 1. The van der Waals surface area contributed by atoms with Gasteiger partial charge in [-0.25, -0.2) is 4.79 Å². The van der Waals surface area contributed by atoms with Gasteiger partial charge in [-0.2, -0.15) is 0 Å². The third kappa shape index (κ3) is 4.02. The number of carbonyl (C=O) groups excluding carboxylic acids is 2. The van der Waals surface area contributed by atoms with Crippen molar-refractivity contribution >= 4 is 28.5 Å². The molecule has 4 heterocycles. The number of amides is 3. The Morgan fingerprint density at radius 1 is 0.850 bits per heavy atom. The van der Waals surface area contributed by atoms with Crippen LogP contribution in [0.5, 0.6) is 5.75 Å². The van der Waals surface area contributed by atoms with E-state index in [9.17, 15) is 9.59 Å². The van der Waals surface area contributed by atoms with Crippen LogP contribution < -0.4 is 9.64 Å². The minimum Gasteiger partial charge on any atom is -0.495 e. The fourth-order valence-electron chi connectivity index (χ4n) is 6.66. The molecule has 3 aliphatic rings. The third-order valence-corrected chi connectivity index (χ3v) is 8.69. The lowest BCUT2D eigenvalue weighted by Gasteiger charge is -2.37. The van der Waals surface area contributed by atoms with E-state index in [-0.39, 0.29) is 18.0 Å². The number of piperazine rings is 1. The Bertz CT molecular complexity index is 1560. The van der Waals surface area contributed by atoms with Crippen LogP contribution in [0.2, 0.25) is 0 Å². The molecular formula is C32H33N5O3. The second kappa shape index (κ2) is 10.0. The fraction of sp³-hybridized carbons (Fsp3) is 0.312. The van der Waals surface area contributed by atoms with E-state index in [1.807, 2.05) is 65.6 Å². The summed E-state index contributed by atoms with van der Waals surface area (Å²) in [6, 6.07) is 25.3. The first kappa shape index (κ1) is 24.7. The summed E-state index contributed by atoms with van der Waals surface area (Å²) in [5.74, 6) is 0.793. The molecular weight excluding hydrogens is 502 g/mol. The number of hydrogen-bond donors (Lipinski definition) is 1. The van der Waals surface area contributed by atoms with Crippen molar-refractivity contribution in [2.75, 3.05) is 51.3 Å². The van der Waals surface area contributed by atoms with E-state index in [1.54, 1.807) is 7.11 Å². The number of aromatic nitrogens is 1. The lowest BCUT2D eigenvalue weighted by atomic mass is 9.89. The van der Waals surface area contributed by atoms with Crippen molar-refractivity contribution in [1.82, 2.24) is 19.7 Å². The molecule has 0 aliphatic carbocycles. The molecule has 0 radical (unpaired) electrons. The van der Waals surface area contributed by atoms with Crippen molar-refractivity contribution in [3.63, 3.8) is 0 Å². The predicted molar refractivity (Wildman–Crippen MR) is 155 cm³/mol. The van der Waals surface area contributed by atoms with Gasteiger partial charge in [0, 0.05) is 62.3 Å². The molecule has 1 N–H and O–H groups in total. The van der Waals surface area contributed by atoms with Crippen LogP contribution in [-0.2, 0) is 11.2 Å². The second-order valence-corrected chi connectivity index (χ2v) is 10.8. The molecule has 8 heteroatoms. The summed E-state index contributed by atoms with van der Waals surface area (Å²) < 4.78 is 5.55. The van der Waals surface area contributed by atoms with Crippen molar-refractivity contribution in [2.24, 2.45) is 0 Å². The van der Waals surface area contributed by atoms with Crippen LogP contribution in [-0.4, -0.2) is 84.0 Å². The average molecular weight is 536 g/mol. The summed E-state index contributed by atoms with van der Waals surface area (Å²) >= 11 is 0. The zero-order valence-electron chi connectivity index (χ0n) is 22.6. The van der Waals surface area contributed by atoms with Gasteiger partial charge in [0.2, 0.25) is 0 Å². The minimum absolute atomic E-state index is 0.0884. The lowest BCUT2D eigenvalue weighted by Crippen LogP contribution is -2.49. The number of imide groups is 1. The fourth-order valence-corrected chi connectivity index (χ4v) is 6.66. The molecule has 2 atom stereocenters. The first-order chi connectivity index (χ1) is 19.6. The van der Waals surface area contributed by atoms with Crippen molar-refractivity contribution in [3.05, 3.63) is 95.7 Å². The molecule has 7 rings (SSSR count). The third-order valence-electron chi connectivity index (χ3n) is 8.69. The zero-order chi connectivity index (χ0) is 27.2. The molecule has 0 spiro atoms. The van der Waals surface area contributed by atoms with Crippen LogP contribution in [0.3, 0.4) is 0 Å². The SMILES string of the molecule is COc1ccccc1N1CCN(CCN2C(=O)[C@H]3Cc4c([nH]c5ccccc45)[C@H](c4ccccc4)N3C2=O)CC1. The first-order valence-corrected chi connectivity index (χ1v) is 14.0. The highest BCUT2D eigenvalue weighted by molar-refractivity contribution is 6.05. The smallest absolute Gasteiger partial charge is 0.328 e. The molecule has 8 nitrogen and oxygen atoms in total. The molecule has 204 valence electrons. The van der Waals surface area contributed by atoms with Crippen LogP contribution in [0, 0.1) is 0 Å². The number of para-hydroxylation sites is 3. The van der Waals surface area contributed by atoms with Gasteiger partial charge in [0.05, 0.1) is 12.8 Å². The lowest BCUT2D eigenvalue weighted by molar-refractivity contribution is -0.128. The highest BCUT2D eigenvalue weighted by Crippen LogP contribution is 2.43. The van der Waals surface area contributed by atoms with E-state index in [0.717, 1.165) is 65.3 Å². The summed E-state index contributed by atoms with van der Waals surface area (Å²) in [7, 11) is 1.70. The molecule has 0 saturated carbocycles. The molecule has 0 unspecified atom stereocenters. The molecule has 3 aliphatic heterocycles. The van der Waals surface area contributed by atoms with E-state index < -0.39 is 6.04 Å². The van der Waals surface area contributed by atoms with Crippen LogP contribution in [0.25, 0.3) is 10.9 Å². The first-order valence-electron chi connectivity index (χ1n) is 14.0. The van der Waals surface area contributed by atoms with Crippen molar-refractivity contribution < 1.29 is 14.3 Å². The predicted octanol–water partition coefficient (Wildman–Crippen LogP) is 4.28. The Kier molecular flexibility index (Phi) is 6.20. The van der Waals surface area contributed by atoms with Gasteiger partial charge >= 0.3 is 6.03 Å². The molecule has 3 amide bonds. The van der Waals surface area contributed by atoms with Crippen LogP contribution >= 0.6 is 0 Å². The number of fused-ring (bicyclic) bond motifs is 4. The number of carbonyl (C=O) groups is 2. The van der Waals surface area contributed by atoms with Gasteiger partial charge in [-0.1, -0.05) is 60.7 Å². The quantitative estimate of drug-likeness (QED) is 0.373. The highest BCUT2D eigenvalue weighted by atomic mass is 16.5. The molecule has 4 aromatic rings. The number of nitrogens with one attached hydrogen (secondary N) is 1. The van der Waals surface area contributed by atoms with Crippen LogP contribution in [0.4, 0.5) is 10.5 Å². The minimum atomic E-state index is -0.494. The summed E-state index contributed by atoms with van der Waals surface area (Å²) in [6.07, 6.45) is 0.529. The largest absolute Gasteiger partial charge is 0.495 e. The number of benzene rings is 3. The Balaban J connectivity index is 1.09. The maximum absolute atomic E-state index is 13.9. The number of methoxy groups -OCH3 is 1. The number of rotatable bonds is 6. The maximum Gasteiger partial charge on any atom is 0.328 e. The van der Waals surface area contributed by atoms with Crippen molar-refractivity contribution in [2.45, 2.75) is 18.5 Å². The second-order valence-electron chi connectivity index (χ2n) is 10.8. The van der Waals surface area contributed by atoms with Crippen molar-refractivity contribution in [1.29, 1.82) is 0 Å². The molecule has 1 aromatic heterocycles. The van der Waals surface area contributed by atoms with Crippen LogP contribution in [0.15, 0.2) is 78.9 Å². The Morgan fingerprint density at radius 3 is 2.38 bits per heavy atom. The van der Waals surface area contributed by atoms with E-state index in [2.05, 4.69) is 33.0 Å². The van der Waals surface area contributed by atoms with Gasteiger partial charge in [-0.3, -0.25) is 19.5 Å². The number of anilines is 1. The summed E-state index contributed by atoms with van der Waals surface area (Å²) in [5, 5.41) is 1.13. The Morgan fingerprint density at radius 2 is 1.57 bits per heavy atom. The van der Waals surface area contributed by atoms with Gasteiger partial charge in [0.1, 0.15) is 17.8 Å². The molecule has 2 fully saturated rings. The van der Waals surface area contributed by atoms with Gasteiger partial charge < -0.3 is 14.6 Å². The zero-order valence-corrected chi connectivity index (χ0v) is 22.6. The number of H-pyrrole nitrogens is 1.